The molecule has 1 fully saturated rings. The summed E-state index contributed by atoms with van der Waals surface area (Å²) in [7, 11) is 0. The number of carbonyl (C=O) groups is 1. The van der Waals surface area contributed by atoms with Gasteiger partial charge in [-0.3, -0.25) is 4.79 Å². The molecule has 2 aromatic heterocycles. The second-order valence-corrected chi connectivity index (χ2v) is 8.54. The van der Waals surface area contributed by atoms with Crippen molar-refractivity contribution in [1.82, 2.24) is 15.1 Å². The standard InChI is InChI=1S/C25H26N4O3/c1-15-6-8-21-19(13-15)18(4)22(31-21)23-26-27-24(32-23)25(30)29-11-9-28(10-12-29)20-14-16(2)5-7-17(20)3/h5-8,13-14H,9-12H2,1-4H3. The van der Waals surface area contributed by atoms with Crippen LogP contribution in [0.1, 0.15) is 32.9 Å². The van der Waals surface area contributed by atoms with Crippen LogP contribution in [-0.2, 0) is 0 Å². The first-order valence-electron chi connectivity index (χ1n) is 10.9. The summed E-state index contributed by atoms with van der Waals surface area (Å²) in [5.74, 6) is 0.496. The number of aromatic nitrogens is 2. The summed E-state index contributed by atoms with van der Waals surface area (Å²) in [6.07, 6.45) is 0. The number of furan rings is 1. The van der Waals surface area contributed by atoms with Crippen molar-refractivity contribution in [2.75, 3.05) is 31.1 Å². The van der Waals surface area contributed by atoms with Crippen LogP contribution < -0.4 is 4.90 Å². The first-order chi connectivity index (χ1) is 15.4. The molecule has 0 saturated carbocycles. The van der Waals surface area contributed by atoms with Crippen molar-refractivity contribution >= 4 is 22.6 Å². The lowest BCUT2D eigenvalue weighted by Crippen LogP contribution is -2.49. The van der Waals surface area contributed by atoms with Crippen LogP contribution in [0.2, 0.25) is 0 Å². The summed E-state index contributed by atoms with van der Waals surface area (Å²) in [6.45, 7) is 10.9. The van der Waals surface area contributed by atoms with Crippen LogP contribution in [0.15, 0.2) is 45.2 Å². The molecule has 1 saturated heterocycles. The van der Waals surface area contributed by atoms with Gasteiger partial charge in [-0.15, -0.1) is 10.2 Å². The van der Waals surface area contributed by atoms with Gasteiger partial charge in [0.2, 0.25) is 0 Å². The van der Waals surface area contributed by atoms with Gasteiger partial charge in [0.15, 0.2) is 5.76 Å². The zero-order chi connectivity index (χ0) is 22.4. The molecule has 1 aliphatic rings. The molecule has 7 heteroatoms. The second-order valence-electron chi connectivity index (χ2n) is 8.54. The molecule has 32 heavy (non-hydrogen) atoms. The normalized spacial score (nSPS) is 14.4. The molecule has 7 nitrogen and oxygen atoms in total. The van der Waals surface area contributed by atoms with Crippen molar-refractivity contribution < 1.29 is 13.6 Å². The number of benzene rings is 2. The molecule has 0 spiro atoms. The van der Waals surface area contributed by atoms with Gasteiger partial charge in [0, 0.05) is 42.8 Å². The molecule has 4 aromatic rings. The predicted molar refractivity (Wildman–Crippen MR) is 123 cm³/mol. The highest BCUT2D eigenvalue weighted by Crippen LogP contribution is 2.33. The van der Waals surface area contributed by atoms with E-state index in [1.807, 2.05) is 26.0 Å². The first-order valence-corrected chi connectivity index (χ1v) is 10.9. The summed E-state index contributed by atoms with van der Waals surface area (Å²) < 4.78 is 11.7. The largest absolute Gasteiger partial charge is 0.451 e. The zero-order valence-corrected chi connectivity index (χ0v) is 18.8. The Labute approximate surface area is 186 Å². The van der Waals surface area contributed by atoms with E-state index in [1.54, 1.807) is 4.90 Å². The van der Waals surface area contributed by atoms with E-state index >= 15 is 0 Å². The highest BCUT2D eigenvalue weighted by Gasteiger charge is 2.28. The van der Waals surface area contributed by atoms with E-state index in [9.17, 15) is 4.79 Å². The lowest BCUT2D eigenvalue weighted by molar-refractivity contribution is 0.0707. The number of hydrogen-bond acceptors (Lipinski definition) is 6. The van der Waals surface area contributed by atoms with Crippen molar-refractivity contribution in [2.24, 2.45) is 0 Å². The molecule has 1 aliphatic heterocycles. The number of aryl methyl sites for hydroxylation is 4. The Balaban J connectivity index is 1.32. The van der Waals surface area contributed by atoms with E-state index < -0.39 is 0 Å². The van der Waals surface area contributed by atoms with Gasteiger partial charge >= 0.3 is 11.8 Å². The third kappa shape index (κ3) is 3.53. The molecule has 0 aliphatic carbocycles. The SMILES string of the molecule is Cc1ccc(C)c(N2CCN(C(=O)c3nnc(-c4oc5ccc(C)cc5c4C)o3)CC2)c1. The third-order valence-electron chi connectivity index (χ3n) is 6.17. The van der Waals surface area contributed by atoms with Crippen molar-refractivity contribution in [3.05, 3.63) is 64.5 Å². The van der Waals surface area contributed by atoms with Gasteiger partial charge in [-0.1, -0.05) is 23.8 Å². The lowest BCUT2D eigenvalue weighted by Gasteiger charge is -2.36. The van der Waals surface area contributed by atoms with E-state index in [0.29, 0.717) is 18.8 Å². The van der Waals surface area contributed by atoms with Crippen LogP contribution in [0.4, 0.5) is 5.69 Å². The Morgan fingerprint density at radius 2 is 1.59 bits per heavy atom. The van der Waals surface area contributed by atoms with Gasteiger partial charge in [-0.05, 0) is 57.0 Å². The van der Waals surface area contributed by atoms with Crippen LogP contribution in [0, 0.1) is 27.7 Å². The Bertz CT molecular complexity index is 1310. The molecule has 1 amide bonds. The van der Waals surface area contributed by atoms with Crippen LogP contribution >= 0.6 is 0 Å². The van der Waals surface area contributed by atoms with Gasteiger partial charge in [-0.2, -0.15) is 0 Å². The number of anilines is 1. The Morgan fingerprint density at radius 1 is 0.875 bits per heavy atom. The molecule has 2 aromatic carbocycles. The Kier molecular flexibility index (Phi) is 4.96. The monoisotopic (exact) mass is 430 g/mol. The number of nitrogens with zero attached hydrogens (tertiary/aromatic N) is 4. The van der Waals surface area contributed by atoms with E-state index in [0.717, 1.165) is 35.2 Å². The summed E-state index contributed by atoms with van der Waals surface area (Å²) in [6, 6.07) is 12.5. The van der Waals surface area contributed by atoms with Crippen LogP contribution in [0.3, 0.4) is 0 Å². The summed E-state index contributed by atoms with van der Waals surface area (Å²) >= 11 is 0. The molecule has 0 bridgehead atoms. The van der Waals surface area contributed by atoms with Crippen molar-refractivity contribution in [3.8, 4) is 11.7 Å². The Hall–Kier alpha value is -3.61. The van der Waals surface area contributed by atoms with Gasteiger partial charge < -0.3 is 18.6 Å². The highest BCUT2D eigenvalue weighted by atomic mass is 16.4. The molecule has 0 atom stereocenters. The summed E-state index contributed by atoms with van der Waals surface area (Å²) in [5.41, 5.74) is 6.54. The minimum Gasteiger partial charge on any atom is -0.451 e. The maximum absolute atomic E-state index is 13.0. The van der Waals surface area contributed by atoms with Gasteiger partial charge in [0.25, 0.3) is 5.89 Å². The van der Waals surface area contributed by atoms with Crippen molar-refractivity contribution in [2.45, 2.75) is 27.7 Å². The molecular formula is C25H26N4O3. The minimum absolute atomic E-state index is 0.00350. The summed E-state index contributed by atoms with van der Waals surface area (Å²) in [5, 5.41) is 9.12. The van der Waals surface area contributed by atoms with E-state index in [1.165, 1.54) is 16.8 Å². The highest BCUT2D eigenvalue weighted by molar-refractivity contribution is 5.90. The molecule has 0 unspecified atom stereocenters. The molecule has 0 N–H and O–H groups in total. The fraction of sp³-hybridized carbons (Fsp3) is 0.320. The fourth-order valence-corrected chi connectivity index (χ4v) is 4.29. The second kappa shape index (κ2) is 7.82. The topological polar surface area (TPSA) is 75.6 Å². The van der Waals surface area contributed by atoms with Crippen molar-refractivity contribution in [1.29, 1.82) is 0 Å². The van der Waals surface area contributed by atoms with Gasteiger partial charge in [-0.25, -0.2) is 0 Å². The van der Waals surface area contributed by atoms with Crippen molar-refractivity contribution in [3.63, 3.8) is 0 Å². The van der Waals surface area contributed by atoms with Crippen LogP contribution in [-0.4, -0.2) is 47.2 Å². The molecule has 3 heterocycles. The quantitative estimate of drug-likeness (QED) is 0.470. The maximum Gasteiger partial charge on any atom is 0.311 e. The summed E-state index contributed by atoms with van der Waals surface area (Å²) in [4.78, 5) is 17.1. The number of carbonyl (C=O) groups excluding carboxylic acids is 1. The number of piperazine rings is 1. The number of hydrogen-bond donors (Lipinski definition) is 0. The zero-order valence-electron chi connectivity index (χ0n) is 18.8. The van der Waals surface area contributed by atoms with Gasteiger partial charge in [0.1, 0.15) is 5.58 Å². The molecule has 0 radical (unpaired) electrons. The molecule has 164 valence electrons. The van der Waals surface area contributed by atoms with E-state index in [2.05, 4.69) is 53.2 Å². The molecule has 5 rings (SSSR count). The number of amides is 1. The van der Waals surface area contributed by atoms with Crippen LogP contribution in [0.25, 0.3) is 22.6 Å². The fourth-order valence-electron chi connectivity index (χ4n) is 4.29. The van der Waals surface area contributed by atoms with E-state index in [-0.39, 0.29) is 17.7 Å². The number of fused-ring (bicyclic) bond motifs is 1. The predicted octanol–water partition coefficient (Wildman–Crippen LogP) is 4.68. The first kappa shape index (κ1) is 20.3. The van der Waals surface area contributed by atoms with Gasteiger partial charge in [0.05, 0.1) is 0 Å². The number of rotatable bonds is 3. The minimum atomic E-state index is -0.242. The van der Waals surface area contributed by atoms with E-state index in [4.69, 9.17) is 8.83 Å². The Morgan fingerprint density at radius 3 is 2.38 bits per heavy atom. The smallest absolute Gasteiger partial charge is 0.311 e. The lowest BCUT2D eigenvalue weighted by atomic mass is 10.1. The average Bonchev–Trinajstić information content (AvgIpc) is 3.40. The average molecular weight is 431 g/mol. The third-order valence-corrected chi connectivity index (χ3v) is 6.17. The maximum atomic E-state index is 13.0. The molecular weight excluding hydrogens is 404 g/mol. The van der Waals surface area contributed by atoms with Crippen LogP contribution in [0.5, 0.6) is 0 Å².